The zero-order valence-electron chi connectivity index (χ0n) is 8.19. The SMILES string of the molecule is CC(=O)N1CCN(C(=O)CC#N)CC1. The van der Waals surface area contributed by atoms with Crippen LogP contribution in [0.15, 0.2) is 0 Å². The third-order valence-electron chi connectivity index (χ3n) is 2.31. The van der Waals surface area contributed by atoms with Gasteiger partial charge in [-0.15, -0.1) is 0 Å². The second-order valence-electron chi connectivity index (χ2n) is 3.22. The Morgan fingerprint density at radius 3 is 2.14 bits per heavy atom. The Balaban J connectivity index is 2.40. The molecule has 0 spiro atoms. The number of nitrogens with zero attached hydrogens (tertiary/aromatic N) is 3. The summed E-state index contributed by atoms with van der Waals surface area (Å²) in [6, 6.07) is 1.83. The first-order valence-electron chi connectivity index (χ1n) is 4.55. The monoisotopic (exact) mass is 195 g/mol. The molecule has 5 heteroatoms. The average Bonchev–Trinajstić information content (AvgIpc) is 2.18. The minimum atomic E-state index is -0.143. The van der Waals surface area contributed by atoms with Gasteiger partial charge in [0.2, 0.25) is 11.8 Å². The first kappa shape index (κ1) is 10.5. The highest BCUT2D eigenvalue weighted by Crippen LogP contribution is 2.03. The second-order valence-corrected chi connectivity index (χ2v) is 3.22. The predicted molar refractivity (Wildman–Crippen MR) is 49.1 cm³/mol. The fourth-order valence-electron chi connectivity index (χ4n) is 1.45. The van der Waals surface area contributed by atoms with Crippen LogP contribution in [0.2, 0.25) is 0 Å². The molecule has 76 valence electrons. The molecule has 0 aliphatic carbocycles. The van der Waals surface area contributed by atoms with Crippen molar-refractivity contribution in [2.24, 2.45) is 0 Å². The standard InChI is InChI=1S/C9H13N3O2/c1-8(13)11-4-6-12(7-5-11)9(14)2-3-10/h2,4-7H2,1H3. The van der Waals surface area contributed by atoms with E-state index in [1.54, 1.807) is 9.80 Å². The molecule has 1 heterocycles. The highest BCUT2D eigenvalue weighted by molar-refractivity contribution is 5.79. The van der Waals surface area contributed by atoms with Crippen LogP contribution < -0.4 is 0 Å². The number of carbonyl (C=O) groups is 2. The first-order chi connectivity index (χ1) is 6.65. The largest absolute Gasteiger partial charge is 0.339 e. The number of hydrogen-bond acceptors (Lipinski definition) is 3. The molecule has 0 radical (unpaired) electrons. The lowest BCUT2D eigenvalue weighted by Gasteiger charge is -2.33. The smallest absolute Gasteiger partial charge is 0.236 e. The molecule has 0 aromatic heterocycles. The molecule has 2 amide bonds. The molecule has 1 fully saturated rings. The van der Waals surface area contributed by atoms with Crippen LogP contribution in [0.4, 0.5) is 0 Å². The first-order valence-corrected chi connectivity index (χ1v) is 4.55. The summed E-state index contributed by atoms with van der Waals surface area (Å²) in [4.78, 5) is 25.6. The minimum absolute atomic E-state index is 0.0392. The lowest BCUT2D eigenvalue weighted by molar-refractivity contribution is -0.137. The summed E-state index contributed by atoms with van der Waals surface area (Å²) >= 11 is 0. The van der Waals surface area contributed by atoms with Crippen LogP contribution >= 0.6 is 0 Å². The van der Waals surface area contributed by atoms with E-state index in [0.717, 1.165) is 0 Å². The fraction of sp³-hybridized carbons (Fsp3) is 0.667. The minimum Gasteiger partial charge on any atom is -0.339 e. The number of carbonyl (C=O) groups excluding carboxylic acids is 2. The van der Waals surface area contributed by atoms with Gasteiger partial charge in [0.15, 0.2) is 0 Å². The van der Waals surface area contributed by atoms with E-state index in [0.29, 0.717) is 26.2 Å². The number of piperazine rings is 1. The Morgan fingerprint density at radius 1 is 1.21 bits per heavy atom. The van der Waals surface area contributed by atoms with Gasteiger partial charge in [0.05, 0.1) is 6.07 Å². The predicted octanol–water partition coefficient (Wildman–Crippen LogP) is -0.409. The molecule has 1 aliphatic rings. The number of hydrogen-bond donors (Lipinski definition) is 0. The quantitative estimate of drug-likeness (QED) is 0.571. The van der Waals surface area contributed by atoms with Crippen LogP contribution in [0, 0.1) is 11.3 Å². The molecular formula is C9H13N3O2. The summed E-state index contributed by atoms with van der Waals surface area (Å²) in [5, 5.41) is 8.35. The molecule has 1 aliphatic heterocycles. The zero-order valence-corrected chi connectivity index (χ0v) is 8.19. The Morgan fingerprint density at radius 2 is 1.71 bits per heavy atom. The fourth-order valence-corrected chi connectivity index (χ4v) is 1.45. The van der Waals surface area contributed by atoms with Gasteiger partial charge in [-0.25, -0.2) is 0 Å². The third-order valence-corrected chi connectivity index (χ3v) is 2.31. The van der Waals surface area contributed by atoms with Gasteiger partial charge >= 0.3 is 0 Å². The highest BCUT2D eigenvalue weighted by Gasteiger charge is 2.21. The van der Waals surface area contributed by atoms with Gasteiger partial charge in [-0.2, -0.15) is 5.26 Å². The molecule has 14 heavy (non-hydrogen) atoms. The molecule has 1 saturated heterocycles. The Labute approximate surface area is 82.9 Å². The summed E-state index contributed by atoms with van der Waals surface area (Å²) in [5.41, 5.74) is 0. The van der Waals surface area contributed by atoms with Gasteiger partial charge in [-0.3, -0.25) is 9.59 Å². The van der Waals surface area contributed by atoms with Crippen molar-refractivity contribution in [2.45, 2.75) is 13.3 Å². The molecule has 0 N–H and O–H groups in total. The molecule has 0 aromatic rings. The molecule has 5 nitrogen and oxygen atoms in total. The molecule has 1 rings (SSSR count). The summed E-state index contributed by atoms with van der Waals surface area (Å²) < 4.78 is 0. The zero-order chi connectivity index (χ0) is 10.6. The van der Waals surface area contributed by atoms with Crippen molar-refractivity contribution in [3.63, 3.8) is 0 Å². The number of rotatable bonds is 1. The van der Waals surface area contributed by atoms with E-state index >= 15 is 0 Å². The maximum Gasteiger partial charge on any atom is 0.236 e. The Hall–Kier alpha value is -1.57. The molecule has 0 aromatic carbocycles. The lowest BCUT2D eigenvalue weighted by atomic mass is 10.3. The van der Waals surface area contributed by atoms with E-state index in [-0.39, 0.29) is 18.2 Å². The van der Waals surface area contributed by atoms with E-state index in [1.165, 1.54) is 6.92 Å². The van der Waals surface area contributed by atoms with Crippen molar-refractivity contribution in [2.75, 3.05) is 26.2 Å². The van der Waals surface area contributed by atoms with Crippen molar-refractivity contribution in [3.05, 3.63) is 0 Å². The normalized spacial score (nSPS) is 16.3. The summed E-state index contributed by atoms with van der Waals surface area (Å²) in [6.07, 6.45) is -0.0694. The van der Waals surface area contributed by atoms with E-state index < -0.39 is 0 Å². The second kappa shape index (κ2) is 4.61. The number of amides is 2. The molecule has 0 atom stereocenters. The van der Waals surface area contributed by atoms with Crippen LogP contribution in [0.1, 0.15) is 13.3 Å². The van der Waals surface area contributed by atoms with Gasteiger partial charge in [0, 0.05) is 33.1 Å². The Bertz CT molecular complexity index is 274. The molecule has 0 bridgehead atoms. The average molecular weight is 195 g/mol. The van der Waals surface area contributed by atoms with Crippen molar-refractivity contribution >= 4 is 11.8 Å². The van der Waals surface area contributed by atoms with Crippen LogP contribution in [-0.2, 0) is 9.59 Å². The third kappa shape index (κ3) is 2.46. The van der Waals surface area contributed by atoms with Gasteiger partial charge in [-0.1, -0.05) is 0 Å². The van der Waals surface area contributed by atoms with E-state index in [2.05, 4.69) is 0 Å². The lowest BCUT2D eigenvalue weighted by Crippen LogP contribution is -2.49. The van der Waals surface area contributed by atoms with E-state index in [1.807, 2.05) is 6.07 Å². The molecule has 0 unspecified atom stereocenters. The van der Waals surface area contributed by atoms with Crippen LogP contribution in [0.25, 0.3) is 0 Å². The van der Waals surface area contributed by atoms with Crippen molar-refractivity contribution in [3.8, 4) is 6.07 Å². The summed E-state index contributed by atoms with van der Waals surface area (Å²) in [6.45, 7) is 3.76. The topological polar surface area (TPSA) is 64.4 Å². The van der Waals surface area contributed by atoms with Crippen molar-refractivity contribution in [1.29, 1.82) is 5.26 Å². The molecular weight excluding hydrogens is 182 g/mol. The van der Waals surface area contributed by atoms with Gasteiger partial charge < -0.3 is 9.80 Å². The van der Waals surface area contributed by atoms with Gasteiger partial charge in [0.1, 0.15) is 6.42 Å². The van der Waals surface area contributed by atoms with Gasteiger partial charge in [-0.05, 0) is 0 Å². The number of nitriles is 1. The van der Waals surface area contributed by atoms with Gasteiger partial charge in [0.25, 0.3) is 0 Å². The summed E-state index contributed by atoms with van der Waals surface area (Å²) in [7, 11) is 0. The van der Waals surface area contributed by atoms with Crippen molar-refractivity contribution in [1.82, 2.24) is 9.80 Å². The Kier molecular flexibility index (Phi) is 3.46. The van der Waals surface area contributed by atoms with Crippen LogP contribution in [-0.4, -0.2) is 47.8 Å². The molecule has 0 saturated carbocycles. The van der Waals surface area contributed by atoms with Crippen LogP contribution in [0.3, 0.4) is 0 Å². The van der Waals surface area contributed by atoms with E-state index in [9.17, 15) is 9.59 Å². The summed E-state index contributed by atoms with van der Waals surface area (Å²) in [5.74, 6) is -0.104. The van der Waals surface area contributed by atoms with E-state index in [4.69, 9.17) is 5.26 Å². The maximum atomic E-state index is 11.3. The maximum absolute atomic E-state index is 11.3. The van der Waals surface area contributed by atoms with Crippen LogP contribution in [0.5, 0.6) is 0 Å². The highest BCUT2D eigenvalue weighted by atomic mass is 16.2. The van der Waals surface area contributed by atoms with Crippen molar-refractivity contribution < 1.29 is 9.59 Å².